The maximum absolute atomic E-state index is 12.7. The number of carboxylic acid groups (broad SMARTS) is 1. The van der Waals surface area contributed by atoms with Crippen molar-refractivity contribution in [3.63, 3.8) is 0 Å². The summed E-state index contributed by atoms with van der Waals surface area (Å²) in [6, 6.07) is 0.683. The minimum absolute atomic E-state index is 0.0440. The third-order valence-corrected chi connectivity index (χ3v) is 2.44. The third kappa shape index (κ3) is 3.65. The van der Waals surface area contributed by atoms with Crippen LogP contribution in [0.4, 0.5) is 17.6 Å². The summed E-state index contributed by atoms with van der Waals surface area (Å²) in [7, 11) is 0. The normalized spacial score (nSPS) is 11.9. The average molecular weight is 279 g/mol. The van der Waals surface area contributed by atoms with E-state index in [1.54, 1.807) is 13.8 Å². The van der Waals surface area contributed by atoms with Gasteiger partial charge in [-0.3, -0.25) is 0 Å². The fraction of sp³-hybridized carbons (Fsp3) is 0.500. The van der Waals surface area contributed by atoms with Gasteiger partial charge in [-0.05, 0) is 24.0 Å². The molecule has 0 amide bonds. The Morgan fingerprint density at radius 3 is 2.37 bits per heavy atom. The highest BCUT2D eigenvalue weighted by atomic mass is 19.4. The van der Waals surface area contributed by atoms with E-state index in [1.165, 1.54) is 0 Å². The first kappa shape index (κ1) is 15.4. The minimum atomic E-state index is -4.73. The molecule has 0 aliphatic carbocycles. The van der Waals surface area contributed by atoms with Crippen LogP contribution in [0.5, 0.6) is 0 Å². The third-order valence-electron chi connectivity index (χ3n) is 2.44. The van der Waals surface area contributed by atoms with Crippen molar-refractivity contribution >= 4 is 5.97 Å². The molecule has 7 heteroatoms. The minimum Gasteiger partial charge on any atom is -0.478 e. The maximum Gasteiger partial charge on any atom is 0.433 e. The zero-order valence-corrected chi connectivity index (χ0v) is 10.4. The van der Waals surface area contributed by atoms with Crippen molar-refractivity contribution in [2.24, 2.45) is 5.92 Å². The van der Waals surface area contributed by atoms with Gasteiger partial charge in [0.2, 0.25) is 0 Å². The Hall–Kier alpha value is -1.66. The molecule has 0 saturated carbocycles. The van der Waals surface area contributed by atoms with Gasteiger partial charge in [-0.1, -0.05) is 13.8 Å². The highest BCUT2D eigenvalue weighted by molar-refractivity contribution is 5.90. The first-order valence-corrected chi connectivity index (χ1v) is 5.56. The number of nitrogens with zero attached hydrogens (tertiary/aromatic N) is 1. The fourth-order valence-electron chi connectivity index (χ4n) is 1.76. The van der Waals surface area contributed by atoms with Gasteiger partial charge in [-0.2, -0.15) is 13.2 Å². The van der Waals surface area contributed by atoms with Crippen LogP contribution in [0.25, 0.3) is 0 Å². The molecule has 0 spiro atoms. The standard InChI is InChI=1S/C12H13F4NO2/c1-6(2)3-7-4-9(12(14,15)16)17-8(5-13)10(7)11(18)19/h4,6H,3,5H2,1-2H3,(H,18,19). The molecule has 19 heavy (non-hydrogen) atoms. The Kier molecular flexibility index (Phi) is 4.49. The molecule has 0 saturated heterocycles. The zero-order valence-electron chi connectivity index (χ0n) is 10.4. The van der Waals surface area contributed by atoms with Gasteiger partial charge in [0.05, 0.1) is 11.3 Å². The lowest BCUT2D eigenvalue weighted by Crippen LogP contribution is -2.16. The van der Waals surface area contributed by atoms with Crippen LogP contribution in [0.3, 0.4) is 0 Å². The van der Waals surface area contributed by atoms with Crippen LogP contribution < -0.4 is 0 Å². The van der Waals surface area contributed by atoms with Crippen molar-refractivity contribution in [1.82, 2.24) is 4.98 Å². The Balaban J connectivity index is 3.49. The SMILES string of the molecule is CC(C)Cc1cc(C(F)(F)F)nc(CF)c1C(=O)O. The van der Waals surface area contributed by atoms with E-state index in [1.807, 2.05) is 0 Å². The second-order valence-electron chi connectivity index (χ2n) is 4.52. The number of alkyl halides is 4. The lowest BCUT2D eigenvalue weighted by Gasteiger charge is -2.15. The Labute approximate surface area is 107 Å². The van der Waals surface area contributed by atoms with Crippen molar-refractivity contribution in [3.05, 3.63) is 28.6 Å². The molecule has 0 unspecified atom stereocenters. The summed E-state index contributed by atoms with van der Waals surface area (Å²) in [6.07, 6.45) is -4.62. The van der Waals surface area contributed by atoms with E-state index in [4.69, 9.17) is 5.11 Å². The second kappa shape index (κ2) is 5.54. The van der Waals surface area contributed by atoms with E-state index < -0.39 is 35.8 Å². The van der Waals surface area contributed by atoms with E-state index in [0.29, 0.717) is 6.07 Å². The average Bonchev–Trinajstić information content (AvgIpc) is 2.25. The van der Waals surface area contributed by atoms with Crippen molar-refractivity contribution in [2.45, 2.75) is 33.1 Å². The molecule has 0 aliphatic rings. The number of rotatable bonds is 4. The molecule has 1 aromatic rings. The smallest absolute Gasteiger partial charge is 0.433 e. The van der Waals surface area contributed by atoms with Crippen LogP contribution in [0, 0.1) is 5.92 Å². The number of aromatic carboxylic acids is 1. The molecule has 0 atom stereocenters. The molecule has 1 heterocycles. The monoisotopic (exact) mass is 279 g/mol. The van der Waals surface area contributed by atoms with Crippen molar-refractivity contribution in [1.29, 1.82) is 0 Å². The lowest BCUT2D eigenvalue weighted by atomic mass is 9.96. The van der Waals surface area contributed by atoms with Gasteiger partial charge in [-0.25, -0.2) is 14.2 Å². The van der Waals surface area contributed by atoms with E-state index in [-0.39, 0.29) is 17.9 Å². The quantitative estimate of drug-likeness (QED) is 0.858. The topological polar surface area (TPSA) is 50.2 Å². The number of halogens is 4. The number of pyridine rings is 1. The Morgan fingerprint density at radius 2 is 2.00 bits per heavy atom. The Morgan fingerprint density at radius 1 is 1.42 bits per heavy atom. The molecular formula is C12H13F4NO2. The van der Waals surface area contributed by atoms with Crippen LogP contribution in [0.2, 0.25) is 0 Å². The fourth-order valence-corrected chi connectivity index (χ4v) is 1.76. The molecule has 0 bridgehead atoms. The molecule has 0 radical (unpaired) electrons. The molecule has 0 aromatic carbocycles. The Bertz CT molecular complexity index is 483. The van der Waals surface area contributed by atoms with Crippen molar-refractivity contribution in [2.75, 3.05) is 0 Å². The largest absolute Gasteiger partial charge is 0.478 e. The van der Waals surface area contributed by atoms with E-state index in [0.717, 1.165) is 0 Å². The van der Waals surface area contributed by atoms with Gasteiger partial charge in [0.1, 0.15) is 12.4 Å². The summed E-state index contributed by atoms with van der Waals surface area (Å²) in [6.45, 7) is 2.11. The van der Waals surface area contributed by atoms with Gasteiger partial charge in [-0.15, -0.1) is 0 Å². The summed E-state index contributed by atoms with van der Waals surface area (Å²) < 4.78 is 50.6. The molecule has 3 nitrogen and oxygen atoms in total. The van der Waals surface area contributed by atoms with Gasteiger partial charge < -0.3 is 5.11 Å². The lowest BCUT2D eigenvalue weighted by molar-refractivity contribution is -0.141. The maximum atomic E-state index is 12.7. The summed E-state index contributed by atoms with van der Waals surface area (Å²) in [5, 5.41) is 9.00. The van der Waals surface area contributed by atoms with E-state index >= 15 is 0 Å². The molecule has 0 fully saturated rings. The van der Waals surface area contributed by atoms with Gasteiger partial charge >= 0.3 is 12.1 Å². The van der Waals surface area contributed by atoms with Crippen LogP contribution in [-0.2, 0) is 19.3 Å². The first-order valence-electron chi connectivity index (χ1n) is 5.56. The molecule has 1 aromatic heterocycles. The van der Waals surface area contributed by atoms with Gasteiger partial charge in [0.15, 0.2) is 0 Å². The number of hydrogen-bond acceptors (Lipinski definition) is 2. The number of carbonyl (C=O) groups is 1. The van der Waals surface area contributed by atoms with E-state index in [2.05, 4.69) is 4.98 Å². The molecule has 106 valence electrons. The number of hydrogen-bond donors (Lipinski definition) is 1. The molecule has 0 aliphatic heterocycles. The highest BCUT2D eigenvalue weighted by Gasteiger charge is 2.35. The zero-order chi connectivity index (χ0) is 14.8. The van der Waals surface area contributed by atoms with Crippen LogP contribution >= 0.6 is 0 Å². The van der Waals surface area contributed by atoms with Crippen LogP contribution in [0.1, 0.15) is 41.2 Å². The predicted molar refractivity (Wildman–Crippen MR) is 59.6 cm³/mol. The van der Waals surface area contributed by atoms with Gasteiger partial charge in [0.25, 0.3) is 0 Å². The number of aromatic nitrogens is 1. The van der Waals surface area contributed by atoms with Crippen molar-refractivity contribution in [3.8, 4) is 0 Å². The second-order valence-corrected chi connectivity index (χ2v) is 4.52. The van der Waals surface area contributed by atoms with E-state index in [9.17, 15) is 22.4 Å². The van der Waals surface area contributed by atoms with Crippen LogP contribution in [0.15, 0.2) is 6.07 Å². The summed E-state index contributed by atoms with van der Waals surface area (Å²) in [5.41, 5.74) is -2.46. The summed E-state index contributed by atoms with van der Waals surface area (Å²) >= 11 is 0. The van der Waals surface area contributed by atoms with Crippen LogP contribution in [-0.4, -0.2) is 16.1 Å². The first-order chi connectivity index (χ1) is 8.66. The summed E-state index contributed by atoms with van der Waals surface area (Å²) in [5.74, 6) is -1.53. The van der Waals surface area contributed by atoms with Crippen molar-refractivity contribution < 1.29 is 27.5 Å². The van der Waals surface area contributed by atoms with Gasteiger partial charge in [0, 0.05) is 0 Å². The molecule has 1 N–H and O–H groups in total. The summed E-state index contributed by atoms with van der Waals surface area (Å²) in [4.78, 5) is 14.1. The predicted octanol–water partition coefficient (Wildman–Crippen LogP) is 3.47. The molecule has 1 rings (SSSR count). The number of carboxylic acids is 1. The molecular weight excluding hydrogens is 266 g/mol. The highest BCUT2D eigenvalue weighted by Crippen LogP contribution is 2.31.